The number of aryl methyl sites for hydroxylation is 1. The molecule has 1 aromatic rings. The quantitative estimate of drug-likeness (QED) is 0.780. The lowest BCUT2D eigenvalue weighted by atomic mass is 10.0. The van der Waals surface area contributed by atoms with Crippen molar-refractivity contribution in [1.82, 2.24) is 0 Å². The number of hydrogen-bond donors (Lipinski definition) is 0. The summed E-state index contributed by atoms with van der Waals surface area (Å²) in [5.41, 5.74) is 1.30. The highest BCUT2D eigenvalue weighted by atomic mass is 16.7. The molecule has 0 N–H and O–H groups in total. The standard InChI is InChI=1S/C14H20O2/c1-14(2)15-11-10-13(16-14)9-8-12-6-4-3-5-7-12/h3-7,13H,8-11H2,1-2H3/t13-/m0/s1/i10D/t10-,13-. The smallest absolute Gasteiger partial charge is 0.163 e. The molecule has 1 aromatic carbocycles. The summed E-state index contributed by atoms with van der Waals surface area (Å²) in [6, 6.07) is 10.3. The van der Waals surface area contributed by atoms with Crippen LogP contribution in [0.25, 0.3) is 0 Å². The van der Waals surface area contributed by atoms with Gasteiger partial charge in [-0.05, 0) is 38.6 Å². The molecule has 0 radical (unpaired) electrons. The van der Waals surface area contributed by atoms with Crippen molar-refractivity contribution in [3.05, 3.63) is 35.9 Å². The highest BCUT2D eigenvalue weighted by Crippen LogP contribution is 2.24. The van der Waals surface area contributed by atoms with Gasteiger partial charge in [-0.1, -0.05) is 30.3 Å². The SMILES string of the molecule is [2H][C@H]1COC(C)(C)O[C@H]1CCc1ccccc1. The Balaban J connectivity index is 1.89. The topological polar surface area (TPSA) is 18.5 Å². The second kappa shape index (κ2) is 4.98. The normalized spacial score (nSPS) is 29.8. The van der Waals surface area contributed by atoms with Gasteiger partial charge in [0.25, 0.3) is 0 Å². The van der Waals surface area contributed by atoms with Gasteiger partial charge in [0.15, 0.2) is 5.79 Å². The molecule has 2 nitrogen and oxygen atoms in total. The minimum Gasteiger partial charge on any atom is -0.350 e. The largest absolute Gasteiger partial charge is 0.350 e. The minimum atomic E-state index is -0.543. The highest BCUT2D eigenvalue weighted by molar-refractivity contribution is 5.14. The van der Waals surface area contributed by atoms with E-state index in [4.69, 9.17) is 10.8 Å². The van der Waals surface area contributed by atoms with Crippen LogP contribution in [-0.2, 0) is 15.9 Å². The zero-order valence-corrected chi connectivity index (χ0v) is 9.98. The molecular formula is C14H20O2. The zero-order chi connectivity index (χ0) is 12.3. The van der Waals surface area contributed by atoms with Crippen molar-refractivity contribution in [2.24, 2.45) is 0 Å². The van der Waals surface area contributed by atoms with E-state index in [9.17, 15) is 0 Å². The molecule has 0 aliphatic carbocycles. The van der Waals surface area contributed by atoms with Gasteiger partial charge in [-0.2, -0.15) is 0 Å². The maximum Gasteiger partial charge on any atom is 0.163 e. The Kier molecular flexibility index (Phi) is 3.21. The van der Waals surface area contributed by atoms with E-state index < -0.39 is 5.79 Å². The van der Waals surface area contributed by atoms with Crippen molar-refractivity contribution in [3.63, 3.8) is 0 Å². The maximum absolute atomic E-state index is 7.92. The Morgan fingerprint density at radius 2 is 2.12 bits per heavy atom. The van der Waals surface area contributed by atoms with Crippen LogP contribution in [0.15, 0.2) is 30.3 Å². The van der Waals surface area contributed by atoms with Gasteiger partial charge < -0.3 is 9.47 Å². The Morgan fingerprint density at radius 3 is 2.88 bits per heavy atom. The predicted molar refractivity (Wildman–Crippen MR) is 64.3 cm³/mol. The van der Waals surface area contributed by atoms with Gasteiger partial charge >= 0.3 is 0 Å². The molecular weight excluding hydrogens is 200 g/mol. The first-order valence-electron chi connectivity index (χ1n) is 6.42. The van der Waals surface area contributed by atoms with Crippen molar-refractivity contribution in [1.29, 1.82) is 0 Å². The molecule has 0 aromatic heterocycles. The third kappa shape index (κ3) is 3.32. The molecule has 0 bridgehead atoms. The molecule has 2 atom stereocenters. The lowest BCUT2D eigenvalue weighted by Crippen LogP contribution is -2.39. The van der Waals surface area contributed by atoms with Crippen LogP contribution in [0.3, 0.4) is 0 Å². The lowest BCUT2D eigenvalue weighted by Gasteiger charge is -2.36. The van der Waals surface area contributed by atoms with E-state index >= 15 is 0 Å². The van der Waals surface area contributed by atoms with Crippen LogP contribution in [-0.4, -0.2) is 18.5 Å². The Morgan fingerprint density at radius 1 is 1.38 bits per heavy atom. The highest BCUT2D eigenvalue weighted by Gasteiger charge is 2.28. The van der Waals surface area contributed by atoms with Crippen molar-refractivity contribution >= 4 is 0 Å². The second-order valence-electron chi connectivity index (χ2n) is 4.63. The molecule has 1 aliphatic heterocycles. The zero-order valence-electron chi connectivity index (χ0n) is 11.0. The van der Waals surface area contributed by atoms with Crippen molar-refractivity contribution in [2.45, 2.75) is 45.0 Å². The molecule has 1 saturated heterocycles. The molecule has 16 heavy (non-hydrogen) atoms. The Labute approximate surface area is 99.0 Å². The van der Waals surface area contributed by atoms with E-state index in [2.05, 4.69) is 12.1 Å². The summed E-state index contributed by atoms with van der Waals surface area (Å²) in [5.74, 6) is -0.543. The number of ether oxygens (including phenoxy) is 2. The van der Waals surface area contributed by atoms with Crippen LogP contribution < -0.4 is 0 Å². The fourth-order valence-corrected chi connectivity index (χ4v) is 1.93. The van der Waals surface area contributed by atoms with Gasteiger partial charge in [-0.25, -0.2) is 0 Å². The third-order valence-corrected chi connectivity index (χ3v) is 2.79. The first kappa shape index (κ1) is 10.3. The van der Waals surface area contributed by atoms with Crippen molar-refractivity contribution in [2.75, 3.05) is 6.61 Å². The molecule has 88 valence electrons. The van der Waals surface area contributed by atoms with Crippen LogP contribution in [0.1, 0.15) is 33.6 Å². The molecule has 0 amide bonds. The second-order valence-corrected chi connectivity index (χ2v) is 4.63. The molecule has 0 unspecified atom stereocenters. The summed E-state index contributed by atoms with van der Waals surface area (Å²) < 4.78 is 19.2. The Bertz CT molecular complexity index is 350. The first-order chi connectivity index (χ1) is 8.07. The van der Waals surface area contributed by atoms with E-state index in [0.717, 1.165) is 12.8 Å². The lowest BCUT2D eigenvalue weighted by molar-refractivity contribution is -0.273. The summed E-state index contributed by atoms with van der Waals surface area (Å²) in [7, 11) is 0. The van der Waals surface area contributed by atoms with E-state index in [0.29, 0.717) is 6.61 Å². The molecule has 1 aliphatic rings. The van der Waals surface area contributed by atoms with Gasteiger partial charge in [-0.15, -0.1) is 0 Å². The van der Waals surface area contributed by atoms with E-state index in [1.165, 1.54) is 5.56 Å². The summed E-state index contributed by atoms with van der Waals surface area (Å²) in [4.78, 5) is 0. The number of rotatable bonds is 3. The molecule has 0 saturated carbocycles. The van der Waals surface area contributed by atoms with Crippen molar-refractivity contribution < 1.29 is 10.8 Å². The van der Waals surface area contributed by atoms with Crippen LogP contribution in [0.4, 0.5) is 0 Å². The predicted octanol–water partition coefficient (Wildman–Crippen LogP) is 3.16. The fourth-order valence-electron chi connectivity index (χ4n) is 1.93. The Hall–Kier alpha value is -0.860. The first-order valence-corrected chi connectivity index (χ1v) is 5.85. The van der Waals surface area contributed by atoms with Gasteiger partial charge in [0, 0.05) is 1.37 Å². The van der Waals surface area contributed by atoms with Gasteiger partial charge in [0.05, 0.1) is 12.7 Å². The summed E-state index contributed by atoms with van der Waals surface area (Å²) in [5, 5.41) is 0. The molecule has 0 spiro atoms. The molecule has 2 rings (SSSR count). The number of benzene rings is 1. The van der Waals surface area contributed by atoms with Crippen LogP contribution in [0.5, 0.6) is 0 Å². The summed E-state index contributed by atoms with van der Waals surface area (Å²) in [6.45, 7) is 4.29. The van der Waals surface area contributed by atoms with E-state index in [-0.39, 0.29) is 12.5 Å². The summed E-state index contributed by atoms with van der Waals surface area (Å²) in [6.07, 6.45) is 1.53. The minimum absolute atomic E-state index is 0.0287. The van der Waals surface area contributed by atoms with Gasteiger partial charge in [0.2, 0.25) is 0 Å². The average molecular weight is 221 g/mol. The number of hydrogen-bond acceptors (Lipinski definition) is 2. The monoisotopic (exact) mass is 221 g/mol. The van der Waals surface area contributed by atoms with Crippen LogP contribution >= 0.6 is 0 Å². The third-order valence-electron chi connectivity index (χ3n) is 2.79. The maximum atomic E-state index is 7.92. The van der Waals surface area contributed by atoms with E-state index in [1.54, 1.807) is 0 Å². The molecule has 1 fully saturated rings. The average Bonchev–Trinajstić information content (AvgIpc) is 2.32. The van der Waals surface area contributed by atoms with Crippen LogP contribution in [0.2, 0.25) is 0 Å². The van der Waals surface area contributed by atoms with Gasteiger partial charge in [0.1, 0.15) is 0 Å². The fraction of sp³-hybridized carbons (Fsp3) is 0.571. The van der Waals surface area contributed by atoms with Crippen LogP contribution in [0, 0.1) is 0 Å². The molecule has 1 heterocycles. The van der Waals surface area contributed by atoms with Crippen molar-refractivity contribution in [3.8, 4) is 0 Å². The van der Waals surface area contributed by atoms with E-state index in [1.807, 2.05) is 32.0 Å². The molecule has 2 heteroatoms. The van der Waals surface area contributed by atoms with Gasteiger partial charge in [-0.3, -0.25) is 0 Å². The summed E-state index contributed by atoms with van der Waals surface area (Å²) >= 11 is 0.